The van der Waals surface area contributed by atoms with Gasteiger partial charge in [0, 0.05) is 11.3 Å². The van der Waals surface area contributed by atoms with Crippen molar-refractivity contribution in [1.29, 1.82) is 0 Å². The highest BCUT2D eigenvalue weighted by Gasteiger charge is 2.14. The molecule has 0 saturated carbocycles. The van der Waals surface area contributed by atoms with Gasteiger partial charge >= 0.3 is 0 Å². The molecule has 4 N–H and O–H groups in total. The van der Waals surface area contributed by atoms with E-state index in [1.165, 1.54) is 0 Å². The largest absolute Gasteiger partial charge is 0.398 e. The molecule has 0 fully saturated rings. The summed E-state index contributed by atoms with van der Waals surface area (Å²) in [6.45, 7) is 5.23. The molecule has 2 atom stereocenters. The van der Waals surface area contributed by atoms with Gasteiger partial charge < -0.3 is 15.9 Å². The van der Waals surface area contributed by atoms with E-state index in [4.69, 9.17) is 5.73 Å². The summed E-state index contributed by atoms with van der Waals surface area (Å²) in [5.74, 6) is 0. The molecule has 3 nitrogen and oxygen atoms in total. The molecule has 0 amide bonds. The van der Waals surface area contributed by atoms with Crippen LogP contribution in [0.5, 0.6) is 0 Å². The minimum absolute atomic E-state index is 0.534. The van der Waals surface area contributed by atoms with Gasteiger partial charge in [0.05, 0.1) is 12.2 Å². The van der Waals surface area contributed by atoms with Crippen molar-refractivity contribution >= 4 is 5.69 Å². The molecule has 0 aliphatic rings. The van der Waals surface area contributed by atoms with Gasteiger partial charge in [-0.15, -0.1) is 0 Å². The van der Waals surface area contributed by atoms with Crippen LogP contribution in [0.1, 0.15) is 42.7 Å². The summed E-state index contributed by atoms with van der Waals surface area (Å²) in [6.07, 6.45) is -1.14. The van der Waals surface area contributed by atoms with Crippen LogP contribution in [0, 0.1) is 6.92 Å². The van der Waals surface area contributed by atoms with Crippen LogP contribution in [0.2, 0.25) is 0 Å². The highest BCUT2D eigenvalue weighted by Crippen LogP contribution is 2.29. The van der Waals surface area contributed by atoms with Gasteiger partial charge in [0.25, 0.3) is 0 Å². The maximum atomic E-state index is 9.53. The Morgan fingerprint density at radius 1 is 1.14 bits per heavy atom. The molecule has 3 heteroatoms. The SMILES string of the molecule is Cc1c(C(C)O)ccc(N)c1C(C)O. The minimum Gasteiger partial charge on any atom is -0.398 e. The number of hydrogen-bond donors (Lipinski definition) is 3. The Labute approximate surface area is 84.2 Å². The molecule has 0 radical (unpaired) electrons. The number of nitrogens with two attached hydrogens (primary N) is 1. The van der Waals surface area contributed by atoms with Crippen LogP contribution in [0.3, 0.4) is 0 Å². The summed E-state index contributed by atoms with van der Waals surface area (Å²) >= 11 is 0. The topological polar surface area (TPSA) is 66.5 Å². The average Bonchev–Trinajstić information content (AvgIpc) is 2.02. The average molecular weight is 195 g/mol. The number of aliphatic hydroxyl groups excluding tert-OH is 2. The van der Waals surface area contributed by atoms with Gasteiger partial charge in [-0.25, -0.2) is 0 Å². The smallest absolute Gasteiger partial charge is 0.0784 e. The fourth-order valence-corrected chi connectivity index (χ4v) is 1.77. The predicted octanol–water partition coefficient (Wildman–Crippen LogP) is 1.68. The first-order valence-corrected chi connectivity index (χ1v) is 4.70. The van der Waals surface area contributed by atoms with Crippen LogP contribution in [0.4, 0.5) is 5.69 Å². The van der Waals surface area contributed by atoms with Gasteiger partial charge in [0.1, 0.15) is 0 Å². The van der Waals surface area contributed by atoms with E-state index in [0.717, 1.165) is 11.1 Å². The standard InChI is InChI=1S/C11H17NO2/c1-6-9(7(2)13)4-5-10(12)11(6)8(3)14/h4-5,7-8,13-14H,12H2,1-3H3. The highest BCUT2D eigenvalue weighted by atomic mass is 16.3. The van der Waals surface area contributed by atoms with Gasteiger partial charge in [-0.3, -0.25) is 0 Å². The molecule has 0 aliphatic carbocycles. The summed E-state index contributed by atoms with van der Waals surface area (Å²) in [7, 11) is 0. The van der Waals surface area contributed by atoms with Crippen LogP contribution < -0.4 is 5.73 Å². The number of anilines is 1. The predicted molar refractivity (Wildman–Crippen MR) is 56.9 cm³/mol. The van der Waals surface area contributed by atoms with Crippen molar-refractivity contribution in [2.45, 2.75) is 33.0 Å². The van der Waals surface area contributed by atoms with E-state index in [0.29, 0.717) is 11.3 Å². The Hall–Kier alpha value is -1.06. The lowest BCUT2D eigenvalue weighted by Crippen LogP contribution is -2.06. The first-order chi connectivity index (χ1) is 6.45. The van der Waals surface area contributed by atoms with Gasteiger partial charge in [-0.05, 0) is 38.0 Å². The zero-order valence-electron chi connectivity index (χ0n) is 8.78. The fraction of sp³-hybridized carbons (Fsp3) is 0.455. The third kappa shape index (κ3) is 1.89. The zero-order valence-corrected chi connectivity index (χ0v) is 8.78. The number of benzene rings is 1. The molecule has 14 heavy (non-hydrogen) atoms. The number of nitrogen functional groups attached to an aromatic ring is 1. The summed E-state index contributed by atoms with van der Waals surface area (Å²) in [5, 5.41) is 19.0. The summed E-state index contributed by atoms with van der Waals surface area (Å²) in [6, 6.07) is 3.51. The maximum absolute atomic E-state index is 9.53. The molecule has 1 rings (SSSR count). The molecule has 0 saturated heterocycles. The quantitative estimate of drug-likeness (QED) is 0.629. The van der Waals surface area contributed by atoms with E-state index in [2.05, 4.69) is 0 Å². The van der Waals surface area contributed by atoms with Gasteiger partial charge in [0.2, 0.25) is 0 Å². The highest BCUT2D eigenvalue weighted by molar-refractivity contribution is 5.55. The third-order valence-corrected chi connectivity index (χ3v) is 2.46. The van der Waals surface area contributed by atoms with E-state index in [1.54, 1.807) is 26.0 Å². The first kappa shape index (κ1) is 11.0. The van der Waals surface area contributed by atoms with Gasteiger partial charge in [-0.2, -0.15) is 0 Å². The van der Waals surface area contributed by atoms with Crippen molar-refractivity contribution in [3.8, 4) is 0 Å². The second-order valence-corrected chi connectivity index (χ2v) is 3.63. The van der Waals surface area contributed by atoms with E-state index >= 15 is 0 Å². The lowest BCUT2D eigenvalue weighted by atomic mass is 9.95. The molecule has 0 spiro atoms. The van der Waals surface area contributed by atoms with Crippen LogP contribution in [0.15, 0.2) is 12.1 Å². The summed E-state index contributed by atoms with van der Waals surface area (Å²) in [4.78, 5) is 0. The number of hydrogen-bond acceptors (Lipinski definition) is 3. The summed E-state index contributed by atoms with van der Waals surface area (Å²) in [5.41, 5.74) is 8.72. The van der Waals surface area contributed by atoms with Crippen molar-refractivity contribution in [2.75, 3.05) is 5.73 Å². The molecule has 78 valence electrons. The van der Waals surface area contributed by atoms with Crippen LogP contribution in [-0.2, 0) is 0 Å². The molecule has 1 aromatic rings. The van der Waals surface area contributed by atoms with E-state index in [-0.39, 0.29) is 0 Å². The van der Waals surface area contributed by atoms with Crippen molar-refractivity contribution < 1.29 is 10.2 Å². The van der Waals surface area contributed by atoms with E-state index in [9.17, 15) is 10.2 Å². The maximum Gasteiger partial charge on any atom is 0.0784 e. The Kier molecular flexibility index (Phi) is 3.13. The lowest BCUT2D eigenvalue weighted by molar-refractivity contribution is 0.191. The first-order valence-electron chi connectivity index (χ1n) is 4.70. The van der Waals surface area contributed by atoms with Crippen molar-refractivity contribution in [3.63, 3.8) is 0 Å². The molecule has 1 aromatic carbocycles. The van der Waals surface area contributed by atoms with Crippen LogP contribution in [0.25, 0.3) is 0 Å². The molecule has 0 aromatic heterocycles. The normalized spacial score (nSPS) is 15.2. The van der Waals surface area contributed by atoms with E-state index < -0.39 is 12.2 Å². The van der Waals surface area contributed by atoms with Crippen molar-refractivity contribution in [1.82, 2.24) is 0 Å². The van der Waals surface area contributed by atoms with E-state index in [1.807, 2.05) is 6.92 Å². The molecule has 0 aliphatic heterocycles. The molecule has 0 bridgehead atoms. The monoisotopic (exact) mass is 195 g/mol. The second-order valence-electron chi connectivity index (χ2n) is 3.63. The molecular formula is C11H17NO2. The second kappa shape index (κ2) is 3.98. The Balaban J connectivity index is 3.34. The van der Waals surface area contributed by atoms with Crippen LogP contribution >= 0.6 is 0 Å². The number of rotatable bonds is 2. The van der Waals surface area contributed by atoms with Crippen LogP contribution in [-0.4, -0.2) is 10.2 Å². The van der Waals surface area contributed by atoms with Gasteiger partial charge in [-0.1, -0.05) is 6.07 Å². The summed E-state index contributed by atoms with van der Waals surface area (Å²) < 4.78 is 0. The van der Waals surface area contributed by atoms with Crippen molar-refractivity contribution in [3.05, 3.63) is 28.8 Å². The fourth-order valence-electron chi connectivity index (χ4n) is 1.77. The number of aliphatic hydroxyl groups is 2. The lowest BCUT2D eigenvalue weighted by Gasteiger charge is -2.17. The Bertz CT molecular complexity index is 332. The van der Waals surface area contributed by atoms with Gasteiger partial charge in [0.15, 0.2) is 0 Å². The molecular weight excluding hydrogens is 178 g/mol. The zero-order chi connectivity index (χ0) is 10.9. The Morgan fingerprint density at radius 2 is 1.71 bits per heavy atom. The van der Waals surface area contributed by atoms with Crippen molar-refractivity contribution in [2.24, 2.45) is 0 Å². The third-order valence-electron chi connectivity index (χ3n) is 2.46. The molecule has 2 unspecified atom stereocenters. The Morgan fingerprint density at radius 3 is 2.14 bits per heavy atom. The molecule has 0 heterocycles. The minimum atomic E-state index is -0.603.